The second-order valence-electron chi connectivity index (χ2n) is 4.53. The Balaban J connectivity index is 2.19. The van der Waals surface area contributed by atoms with Gasteiger partial charge in [0.2, 0.25) is 0 Å². The molecule has 0 spiro atoms. The van der Waals surface area contributed by atoms with Gasteiger partial charge in [0.05, 0.1) is 9.21 Å². The lowest BCUT2D eigenvalue weighted by atomic mass is 10.1. The highest BCUT2D eigenvalue weighted by Gasteiger charge is 2.18. The van der Waals surface area contributed by atoms with Crippen molar-refractivity contribution in [3.63, 3.8) is 0 Å². The molecule has 0 bridgehead atoms. The second-order valence-corrected chi connectivity index (χ2v) is 6.24. The van der Waals surface area contributed by atoms with Gasteiger partial charge in [0, 0.05) is 18.8 Å². The summed E-state index contributed by atoms with van der Waals surface area (Å²) in [5.41, 5.74) is 7.63. The van der Waals surface area contributed by atoms with E-state index in [2.05, 4.69) is 6.92 Å². The molecule has 0 saturated heterocycles. The average molecular weight is 309 g/mol. The predicted octanol–water partition coefficient (Wildman–Crippen LogP) is 4.04. The average Bonchev–Trinajstić information content (AvgIpc) is 2.86. The van der Waals surface area contributed by atoms with Crippen LogP contribution in [0.1, 0.15) is 28.6 Å². The number of nitrogen functional groups attached to an aromatic ring is 1. The largest absolute Gasteiger partial charge is 0.398 e. The van der Waals surface area contributed by atoms with Gasteiger partial charge in [-0.1, -0.05) is 36.7 Å². The summed E-state index contributed by atoms with van der Waals surface area (Å²) in [5, 5.41) is 0. The Labute approximate surface area is 128 Å². The Kier molecular flexibility index (Phi) is 5.04. The van der Waals surface area contributed by atoms with E-state index in [1.54, 1.807) is 12.1 Å². The van der Waals surface area contributed by atoms with Crippen LogP contribution in [-0.4, -0.2) is 17.4 Å². The van der Waals surface area contributed by atoms with Crippen molar-refractivity contribution in [1.82, 2.24) is 4.90 Å². The van der Waals surface area contributed by atoms with Crippen molar-refractivity contribution in [3.8, 4) is 0 Å². The standard InChI is InChI=1S/C15H17ClN2OS/c1-2-9-18(10-11-5-3-4-6-12(11)17)15(19)13-7-8-14(16)20-13/h3-8H,2,9-10,17H2,1H3. The molecule has 0 fully saturated rings. The van der Waals surface area contributed by atoms with E-state index < -0.39 is 0 Å². The lowest BCUT2D eigenvalue weighted by Crippen LogP contribution is -2.31. The van der Waals surface area contributed by atoms with Crippen molar-refractivity contribution < 1.29 is 4.79 Å². The summed E-state index contributed by atoms with van der Waals surface area (Å²) in [4.78, 5) is 15.0. The monoisotopic (exact) mass is 308 g/mol. The summed E-state index contributed by atoms with van der Waals surface area (Å²) in [6.45, 7) is 3.27. The van der Waals surface area contributed by atoms with Gasteiger partial charge < -0.3 is 10.6 Å². The van der Waals surface area contributed by atoms with Crippen LogP contribution in [0.15, 0.2) is 36.4 Å². The predicted molar refractivity (Wildman–Crippen MR) is 85.2 cm³/mol. The molecule has 3 nitrogen and oxygen atoms in total. The van der Waals surface area contributed by atoms with Crippen LogP contribution in [0.2, 0.25) is 4.34 Å². The molecule has 2 rings (SSSR count). The van der Waals surface area contributed by atoms with Gasteiger partial charge in [-0.15, -0.1) is 11.3 Å². The van der Waals surface area contributed by atoms with Crippen molar-refractivity contribution in [1.29, 1.82) is 0 Å². The number of nitrogens with two attached hydrogens (primary N) is 1. The van der Waals surface area contributed by atoms with Crippen LogP contribution in [0.3, 0.4) is 0 Å². The van der Waals surface area contributed by atoms with Gasteiger partial charge in [0.1, 0.15) is 0 Å². The molecule has 0 saturated carbocycles. The zero-order valence-electron chi connectivity index (χ0n) is 11.3. The first-order valence-corrected chi connectivity index (χ1v) is 7.69. The Morgan fingerprint density at radius 1 is 1.30 bits per heavy atom. The van der Waals surface area contributed by atoms with Crippen molar-refractivity contribution in [2.75, 3.05) is 12.3 Å². The number of carbonyl (C=O) groups excluding carboxylic acids is 1. The molecule has 1 heterocycles. The minimum atomic E-state index is 0.00648. The van der Waals surface area contributed by atoms with Gasteiger partial charge in [0.15, 0.2) is 0 Å². The molecule has 1 amide bonds. The van der Waals surface area contributed by atoms with E-state index in [0.29, 0.717) is 28.0 Å². The van der Waals surface area contributed by atoms with Crippen LogP contribution >= 0.6 is 22.9 Å². The third-order valence-electron chi connectivity index (χ3n) is 2.98. The fourth-order valence-electron chi connectivity index (χ4n) is 1.99. The first-order chi connectivity index (χ1) is 9.61. The van der Waals surface area contributed by atoms with Crippen LogP contribution in [0.25, 0.3) is 0 Å². The van der Waals surface area contributed by atoms with Crippen molar-refractivity contribution >= 4 is 34.5 Å². The third-order valence-corrected chi connectivity index (χ3v) is 4.20. The van der Waals surface area contributed by atoms with Crippen molar-refractivity contribution in [3.05, 3.63) is 51.2 Å². The van der Waals surface area contributed by atoms with Gasteiger partial charge in [-0.25, -0.2) is 0 Å². The summed E-state index contributed by atoms with van der Waals surface area (Å²) in [7, 11) is 0. The molecular formula is C15H17ClN2OS. The maximum absolute atomic E-state index is 12.5. The van der Waals surface area contributed by atoms with Gasteiger partial charge in [-0.05, 0) is 30.2 Å². The molecule has 0 radical (unpaired) electrons. The lowest BCUT2D eigenvalue weighted by Gasteiger charge is -2.22. The van der Waals surface area contributed by atoms with Crippen LogP contribution < -0.4 is 5.73 Å². The van der Waals surface area contributed by atoms with E-state index in [1.807, 2.05) is 29.2 Å². The minimum absolute atomic E-state index is 0.00648. The first kappa shape index (κ1) is 14.9. The van der Waals surface area contributed by atoms with Gasteiger partial charge >= 0.3 is 0 Å². The van der Waals surface area contributed by atoms with E-state index in [4.69, 9.17) is 17.3 Å². The number of hydrogen-bond donors (Lipinski definition) is 1. The van der Waals surface area contributed by atoms with E-state index in [-0.39, 0.29) is 5.91 Å². The zero-order chi connectivity index (χ0) is 14.5. The number of thiophene rings is 1. The molecule has 0 aliphatic heterocycles. The summed E-state index contributed by atoms with van der Waals surface area (Å²) >= 11 is 7.21. The van der Waals surface area contributed by atoms with Crippen LogP contribution in [0, 0.1) is 0 Å². The molecule has 5 heteroatoms. The summed E-state index contributed by atoms with van der Waals surface area (Å²) in [5.74, 6) is 0.00648. The van der Waals surface area contributed by atoms with E-state index in [0.717, 1.165) is 12.0 Å². The van der Waals surface area contributed by atoms with E-state index in [9.17, 15) is 4.79 Å². The topological polar surface area (TPSA) is 46.3 Å². The highest BCUT2D eigenvalue weighted by atomic mass is 35.5. The Bertz CT molecular complexity index is 597. The van der Waals surface area contributed by atoms with E-state index in [1.165, 1.54) is 11.3 Å². The fraction of sp³-hybridized carbons (Fsp3) is 0.267. The number of halogens is 1. The Morgan fingerprint density at radius 3 is 2.65 bits per heavy atom. The zero-order valence-corrected chi connectivity index (χ0v) is 12.9. The maximum Gasteiger partial charge on any atom is 0.264 e. The lowest BCUT2D eigenvalue weighted by molar-refractivity contribution is 0.0748. The van der Waals surface area contributed by atoms with Gasteiger partial charge in [-0.2, -0.15) is 0 Å². The number of carbonyl (C=O) groups is 1. The number of amides is 1. The number of rotatable bonds is 5. The highest BCUT2D eigenvalue weighted by Crippen LogP contribution is 2.24. The smallest absolute Gasteiger partial charge is 0.264 e. The van der Waals surface area contributed by atoms with Gasteiger partial charge in [-0.3, -0.25) is 4.79 Å². The van der Waals surface area contributed by atoms with Crippen molar-refractivity contribution in [2.45, 2.75) is 19.9 Å². The van der Waals surface area contributed by atoms with Crippen LogP contribution in [-0.2, 0) is 6.54 Å². The molecule has 2 N–H and O–H groups in total. The third kappa shape index (κ3) is 3.52. The van der Waals surface area contributed by atoms with Gasteiger partial charge in [0.25, 0.3) is 5.91 Å². The van der Waals surface area contributed by atoms with E-state index >= 15 is 0 Å². The number of anilines is 1. The summed E-state index contributed by atoms with van der Waals surface area (Å²) < 4.78 is 0.629. The minimum Gasteiger partial charge on any atom is -0.398 e. The quantitative estimate of drug-likeness (QED) is 0.847. The fourth-order valence-corrected chi connectivity index (χ4v) is 3.00. The Hall–Kier alpha value is -1.52. The number of benzene rings is 1. The number of hydrogen-bond acceptors (Lipinski definition) is 3. The van der Waals surface area contributed by atoms with Crippen LogP contribution in [0.4, 0.5) is 5.69 Å². The second kappa shape index (κ2) is 6.77. The number of para-hydroxylation sites is 1. The molecule has 1 aromatic heterocycles. The SMILES string of the molecule is CCCN(Cc1ccccc1N)C(=O)c1ccc(Cl)s1. The normalized spacial score (nSPS) is 10.5. The maximum atomic E-state index is 12.5. The molecular weight excluding hydrogens is 292 g/mol. The Morgan fingerprint density at radius 2 is 2.05 bits per heavy atom. The number of nitrogens with zero attached hydrogens (tertiary/aromatic N) is 1. The van der Waals surface area contributed by atoms with Crippen LogP contribution in [0.5, 0.6) is 0 Å². The molecule has 0 unspecified atom stereocenters. The highest BCUT2D eigenvalue weighted by molar-refractivity contribution is 7.17. The molecule has 106 valence electrons. The molecule has 1 aromatic carbocycles. The molecule has 0 atom stereocenters. The molecule has 0 aliphatic carbocycles. The first-order valence-electron chi connectivity index (χ1n) is 6.49. The molecule has 0 aliphatic rings. The summed E-state index contributed by atoms with van der Waals surface area (Å²) in [6.07, 6.45) is 0.900. The molecule has 20 heavy (non-hydrogen) atoms. The van der Waals surface area contributed by atoms with Crippen molar-refractivity contribution in [2.24, 2.45) is 0 Å². The molecule has 2 aromatic rings. The summed E-state index contributed by atoms with van der Waals surface area (Å²) in [6, 6.07) is 11.2.